The van der Waals surface area contributed by atoms with Crippen molar-refractivity contribution in [2.45, 2.75) is 37.8 Å². The van der Waals surface area contributed by atoms with Crippen molar-refractivity contribution in [1.82, 2.24) is 15.2 Å². The lowest BCUT2D eigenvalue weighted by Gasteiger charge is -2.25. The van der Waals surface area contributed by atoms with E-state index < -0.39 is 10.0 Å². The second kappa shape index (κ2) is 6.13. The predicted molar refractivity (Wildman–Crippen MR) is 76.7 cm³/mol. The van der Waals surface area contributed by atoms with Crippen molar-refractivity contribution in [3.63, 3.8) is 0 Å². The zero-order valence-corrected chi connectivity index (χ0v) is 12.9. The van der Waals surface area contributed by atoms with Crippen LogP contribution in [-0.2, 0) is 10.0 Å². The maximum atomic E-state index is 11.0. The summed E-state index contributed by atoms with van der Waals surface area (Å²) < 4.78 is 24.4. The molecule has 0 aliphatic heterocycles. The highest BCUT2D eigenvalue weighted by Gasteiger charge is 2.19. The Bertz CT molecular complexity index is 507. The average Bonchev–Trinajstić information content (AvgIpc) is 2.73. The van der Waals surface area contributed by atoms with Crippen LogP contribution < -0.4 is 4.72 Å². The number of aromatic nitrogens is 3. The molecule has 0 amide bonds. The second-order valence-corrected chi connectivity index (χ2v) is 8.05. The van der Waals surface area contributed by atoms with Gasteiger partial charge in [-0.2, -0.15) is 0 Å². The second-order valence-electron chi connectivity index (χ2n) is 5.29. The Balaban J connectivity index is 1.80. The molecule has 1 aliphatic carbocycles. The van der Waals surface area contributed by atoms with E-state index in [2.05, 4.69) is 26.8 Å². The van der Waals surface area contributed by atoms with Crippen molar-refractivity contribution < 1.29 is 8.42 Å². The molecule has 1 aliphatic rings. The SMILES string of the molecule is CC1CCC(CSc2nnc(NS(C)(=O)=O)[nH]2)CC1. The van der Waals surface area contributed by atoms with Crippen LogP contribution in [0.1, 0.15) is 32.6 Å². The summed E-state index contributed by atoms with van der Waals surface area (Å²) in [6.07, 6.45) is 6.25. The molecule has 0 radical (unpaired) electrons. The fraction of sp³-hybridized carbons (Fsp3) is 0.818. The third kappa shape index (κ3) is 5.02. The molecule has 2 rings (SSSR count). The quantitative estimate of drug-likeness (QED) is 0.813. The maximum Gasteiger partial charge on any atom is 0.236 e. The molecule has 19 heavy (non-hydrogen) atoms. The Morgan fingerprint density at radius 3 is 2.63 bits per heavy atom. The van der Waals surface area contributed by atoms with Crippen LogP contribution in [0.2, 0.25) is 0 Å². The third-order valence-corrected chi connectivity index (χ3v) is 5.00. The number of hydrogen-bond donors (Lipinski definition) is 2. The molecule has 0 spiro atoms. The summed E-state index contributed by atoms with van der Waals surface area (Å²) >= 11 is 1.61. The van der Waals surface area contributed by atoms with Gasteiger partial charge in [0.25, 0.3) is 0 Å². The van der Waals surface area contributed by atoms with E-state index in [4.69, 9.17) is 0 Å². The predicted octanol–water partition coefficient (Wildman–Crippen LogP) is 2.09. The number of sulfonamides is 1. The van der Waals surface area contributed by atoms with E-state index >= 15 is 0 Å². The minimum atomic E-state index is -3.30. The van der Waals surface area contributed by atoms with E-state index in [0.717, 1.165) is 23.8 Å². The van der Waals surface area contributed by atoms with E-state index in [1.807, 2.05) is 0 Å². The van der Waals surface area contributed by atoms with Gasteiger partial charge in [-0.15, -0.1) is 10.2 Å². The molecule has 1 fully saturated rings. The Morgan fingerprint density at radius 2 is 2.00 bits per heavy atom. The van der Waals surface area contributed by atoms with Gasteiger partial charge in [0.2, 0.25) is 16.0 Å². The molecule has 8 heteroatoms. The van der Waals surface area contributed by atoms with Crippen LogP contribution in [-0.4, -0.2) is 35.6 Å². The Kier molecular flexibility index (Phi) is 4.72. The van der Waals surface area contributed by atoms with Crippen molar-refractivity contribution in [3.8, 4) is 0 Å². The van der Waals surface area contributed by atoms with Gasteiger partial charge in [-0.25, -0.2) is 8.42 Å². The first kappa shape index (κ1) is 14.6. The third-order valence-electron chi connectivity index (χ3n) is 3.34. The zero-order valence-electron chi connectivity index (χ0n) is 11.2. The average molecular weight is 304 g/mol. The zero-order chi connectivity index (χ0) is 13.9. The molecule has 6 nitrogen and oxygen atoms in total. The van der Waals surface area contributed by atoms with Gasteiger partial charge < -0.3 is 4.98 Å². The van der Waals surface area contributed by atoms with Gasteiger partial charge in [-0.05, 0) is 24.7 Å². The van der Waals surface area contributed by atoms with Crippen LogP contribution in [0.5, 0.6) is 0 Å². The summed E-state index contributed by atoms with van der Waals surface area (Å²) in [7, 11) is -3.30. The van der Waals surface area contributed by atoms with Crippen LogP contribution >= 0.6 is 11.8 Å². The molecular weight excluding hydrogens is 284 g/mol. The highest BCUT2D eigenvalue weighted by molar-refractivity contribution is 7.99. The van der Waals surface area contributed by atoms with E-state index in [1.165, 1.54) is 25.7 Å². The first-order valence-corrected chi connectivity index (χ1v) is 9.33. The van der Waals surface area contributed by atoms with Gasteiger partial charge in [-0.1, -0.05) is 31.5 Å². The summed E-state index contributed by atoms with van der Waals surface area (Å²) in [6.45, 7) is 2.31. The molecule has 0 unspecified atom stereocenters. The lowest BCUT2D eigenvalue weighted by molar-refractivity contribution is 0.311. The maximum absolute atomic E-state index is 11.0. The fourth-order valence-electron chi connectivity index (χ4n) is 2.23. The number of hydrogen-bond acceptors (Lipinski definition) is 5. The molecule has 1 aromatic rings. The van der Waals surface area contributed by atoms with E-state index in [-0.39, 0.29) is 5.95 Å². The molecule has 0 bridgehead atoms. The summed E-state index contributed by atoms with van der Waals surface area (Å²) in [4.78, 5) is 2.87. The first-order valence-electron chi connectivity index (χ1n) is 6.45. The number of rotatable bonds is 5. The van der Waals surface area contributed by atoms with Gasteiger partial charge in [-0.3, -0.25) is 4.72 Å². The number of nitrogens with one attached hydrogen (secondary N) is 2. The van der Waals surface area contributed by atoms with Crippen LogP contribution in [0.25, 0.3) is 0 Å². The highest BCUT2D eigenvalue weighted by atomic mass is 32.2. The van der Waals surface area contributed by atoms with E-state index in [1.54, 1.807) is 11.8 Å². The minimum absolute atomic E-state index is 0.183. The number of H-pyrrole nitrogens is 1. The summed E-state index contributed by atoms with van der Waals surface area (Å²) in [5.74, 6) is 2.79. The van der Waals surface area contributed by atoms with Gasteiger partial charge in [0.05, 0.1) is 6.26 Å². The first-order chi connectivity index (χ1) is 8.92. The van der Waals surface area contributed by atoms with E-state index in [0.29, 0.717) is 5.16 Å². The van der Waals surface area contributed by atoms with Gasteiger partial charge >= 0.3 is 0 Å². The lowest BCUT2D eigenvalue weighted by atomic mass is 9.84. The minimum Gasteiger partial charge on any atom is -0.302 e. The summed E-state index contributed by atoms with van der Waals surface area (Å²) in [6, 6.07) is 0. The molecule has 1 aromatic heterocycles. The molecule has 1 saturated carbocycles. The Hall–Kier alpha value is -0.760. The molecular formula is C11H20N4O2S2. The highest BCUT2D eigenvalue weighted by Crippen LogP contribution is 2.31. The normalized spacial score (nSPS) is 24.3. The van der Waals surface area contributed by atoms with Crippen LogP contribution in [0.4, 0.5) is 5.95 Å². The number of thioether (sulfide) groups is 1. The van der Waals surface area contributed by atoms with Crippen molar-refractivity contribution in [3.05, 3.63) is 0 Å². The number of anilines is 1. The molecule has 108 valence electrons. The van der Waals surface area contributed by atoms with Crippen molar-refractivity contribution in [2.24, 2.45) is 11.8 Å². The van der Waals surface area contributed by atoms with Crippen molar-refractivity contribution >= 4 is 27.7 Å². The number of nitrogens with zero attached hydrogens (tertiary/aromatic N) is 2. The summed E-state index contributed by atoms with van der Waals surface area (Å²) in [5, 5.41) is 8.36. The molecule has 1 heterocycles. The largest absolute Gasteiger partial charge is 0.302 e. The van der Waals surface area contributed by atoms with Gasteiger partial charge in [0, 0.05) is 5.75 Å². The van der Waals surface area contributed by atoms with Crippen LogP contribution in [0.15, 0.2) is 5.16 Å². The summed E-state index contributed by atoms with van der Waals surface area (Å²) in [5.41, 5.74) is 0. The Morgan fingerprint density at radius 1 is 1.32 bits per heavy atom. The monoisotopic (exact) mass is 304 g/mol. The van der Waals surface area contributed by atoms with Crippen molar-refractivity contribution in [1.29, 1.82) is 0 Å². The molecule has 2 N–H and O–H groups in total. The van der Waals surface area contributed by atoms with Gasteiger partial charge in [0.1, 0.15) is 0 Å². The molecule has 0 atom stereocenters. The lowest BCUT2D eigenvalue weighted by Crippen LogP contribution is -2.14. The van der Waals surface area contributed by atoms with Gasteiger partial charge in [0.15, 0.2) is 5.16 Å². The standard InChI is InChI=1S/C11H20N4O2S2/c1-8-3-5-9(6-4-8)7-18-11-12-10(13-14-11)15-19(2,16)17/h8-9H,3-7H2,1-2H3,(H2,12,13,14,15). The topological polar surface area (TPSA) is 87.7 Å². The van der Waals surface area contributed by atoms with Crippen molar-refractivity contribution in [2.75, 3.05) is 16.7 Å². The van der Waals surface area contributed by atoms with E-state index in [9.17, 15) is 8.42 Å². The fourth-order valence-corrected chi connectivity index (χ4v) is 3.66. The van der Waals surface area contributed by atoms with Crippen LogP contribution in [0, 0.1) is 11.8 Å². The Labute approximate surface area is 118 Å². The number of aromatic amines is 1. The molecule has 0 saturated heterocycles. The van der Waals surface area contributed by atoms with Crippen LogP contribution in [0.3, 0.4) is 0 Å². The smallest absolute Gasteiger partial charge is 0.236 e. The molecule has 0 aromatic carbocycles.